The summed E-state index contributed by atoms with van der Waals surface area (Å²) in [6, 6.07) is 7.78. The molecule has 3 rings (SSSR count). The van der Waals surface area contributed by atoms with E-state index in [9.17, 15) is 13.4 Å². The average Bonchev–Trinajstić information content (AvgIpc) is 2.80. The van der Waals surface area contributed by atoms with Crippen LogP contribution in [0.3, 0.4) is 0 Å². The van der Waals surface area contributed by atoms with Crippen LogP contribution in [0.15, 0.2) is 30.3 Å². The normalized spacial score (nSPS) is 17.0. The van der Waals surface area contributed by atoms with Crippen molar-refractivity contribution in [3.05, 3.63) is 57.5 Å². The maximum absolute atomic E-state index is 13.9. The lowest BCUT2D eigenvalue weighted by molar-refractivity contribution is 0.0932. The minimum atomic E-state index is -1.02. The molecule has 1 N–H and O–H groups in total. The number of hydrogen-bond donors (Lipinski definition) is 1. The molecule has 0 saturated carbocycles. The molecule has 0 bridgehead atoms. The summed E-state index contributed by atoms with van der Waals surface area (Å²) in [6.07, 6.45) is 2.14. The summed E-state index contributed by atoms with van der Waals surface area (Å²) in [5, 5.41) is 2.83. The Balaban J connectivity index is 1.83. The zero-order valence-corrected chi connectivity index (χ0v) is 20.3. The number of rotatable bonds is 8. The van der Waals surface area contributed by atoms with Crippen molar-refractivity contribution >= 4 is 40.1 Å². The Bertz CT molecular complexity index is 1000. The highest BCUT2D eigenvalue weighted by atomic mass is 35.5. The van der Waals surface area contributed by atoms with Crippen molar-refractivity contribution in [1.29, 1.82) is 0 Å². The second kappa shape index (κ2) is 10.9. The van der Waals surface area contributed by atoms with E-state index in [-0.39, 0.29) is 22.2 Å². The van der Waals surface area contributed by atoms with E-state index in [2.05, 4.69) is 10.3 Å². The van der Waals surface area contributed by atoms with Crippen molar-refractivity contribution < 1.29 is 18.1 Å². The minimum Gasteiger partial charge on any atom is -0.481 e. The second-order valence-corrected chi connectivity index (χ2v) is 10.1. The molecule has 1 aliphatic rings. The Morgan fingerprint density at radius 3 is 2.66 bits per heavy atom. The fraction of sp³-hybridized carbons (Fsp3) is 0.455. The van der Waals surface area contributed by atoms with E-state index in [1.165, 1.54) is 6.07 Å². The lowest BCUT2D eigenvalue weighted by Crippen LogP contribution is -2.50. The summed E-state index contributed by atoms with van der Waals surface area (Å²) in [7, 11) is 0.526. The highest BCUT2D eigenvalue weighted by Crippen LogP contribution is 2.35. The molecule has 1 saturated heterocycles. The molecule has 174 valence electrons. The van der Waals surface area contributed by atoms with Crippen molar-refractivity contribution in [2.24, 2.45) is 0 Å². The van der Waals surface area contributed by atoms with Gasteiger partial charge in [-0.2, -0.15) is 0 Å². The third kappa shape index (κ3) is 5.60. The SMILES string of the molecule is CCCS(=O)N1CCC(CNC(=O)c2cc(F)c(Cl)cc2Cl)(c2cccc(OC)n2)CC1. The van der Waals surface area contributed by atoms with Crippen LogP contribution >= 0.6 is 23.2 Å². The largest absolute Gasteiger partial charge is 0.481 e. The van der Waals surface area contributed by atoms with E-state index in [1.54, 1.807) is 13.2 Å². The summed E-state index contributed by atoms with van der Waals surface area (Å²) >= 11 is 11.9. The van der Waals surface area contributed by atoms with Crippen LogP contribution in [-0.2, 0) is 16.4 Å². The van der Waals surface area contributed by atoms with Crippen LogP contribution in [0, 0.1) is 5.82 Å². The minimum absolute atomic E-state index is 0.0174. The third-order valence-corrected chi connectivity index (χ3v) is 7.97. The molecule has 1 aromatic carbocycles. The Morgan fingerprint density at radius 1 is 1.28 bits per heavy atom. The van der Waals surface area contributed by atoms with Gasteiger partial charge >= 0.3 is 0 Å². The van der Waals surface area contributed by atoms with Crippen LogP contribution in [0.2, 0.25) is 10.0 Å². The van der Waals surface area contributed by atoms with Gasteiger partial charge in [-0.3, -0.25) is 4.79 Å². The Hall–Kier alpha value is -1.74. The number of piperidine rings is 1. The molecule has 1 aliphatic heterocycles. The van der Waals surface area contributed by atoms with Gasteiger partial charge in [0.25, 0.3) is 5.91 Å². The van der Waals surface area contributed by atoms with E-state index in [4.69, 9.17) is 27.9 Å². The zero-order valence-electron chi connectivity index (χ0n) is 18.0. The van der Waals surface area contributed by atoms with E-state index >= 15 is 0 Å². The van der Waals surface area contributed by atoms with Crippen LogP contribution in [0.4, 0.5) is 4.39 Å². The molecule has 2 heterocycles. The summed E-state index contributed by atoms with van der Waals surface area (Å²) in [5.74, 6) is -0.100. The van der Waals surface area contributed by atoms with Gasteiger partial charge in [-0.05, 0) is 37.5 Å². The molecule has 1 unspecified atom stereocenters. The topological polar surface area (TPSA) is 71.5 Å². The quantitative estimate of drug-likeness (QED) is 0.545. The van der Waals surface area contributed by atoms with Crippen LogP contribution < -0.4 is 10.1 Å². The monoisotopic (exact) mass is 501 g/mol. The molecule has 1 fully saturated rings. The highest BCUT2D eigenvalue weighted by Gasteiger charge is 2.39. The van der Waals surface area contributed by atoms with Crippen LogP contribution in [0.5, 0.6) is 5.88 Å². The van der Waals surface area contributed by atoms with Crippen LogP contribution in [0.1, 0.15) is 42.2 Å². The van der Waals surface area contributed by atoms with E-state index in [0.717, 1.165) is 18.2 Å². The lowest BCUT2D eigenvalue weighted by Gasteiger charge is -2.41. The van der Waals surface area contributed by atoms with E-state index in [1.807, 2.05) is 23.4 Å². The molecule has 2 aromatic rings. The number of methoxy groups -OCH3 is 1. The molecule has 32 heavy (non-hydrogen) atoms. The predicted molar refractivity (Wildman–Crippen MR) is 125 cm³/mol. The molecule has 10 heteroatoms. The Morgan fingerprint density at radius 2 is 2.00 bits per heavy atom. The van der Waals surface area contributed by atoms with Crippen molar-refractivity contribution in [2.75, 3.05) is 32.5 Å². The zero-order chi connectivity index (χ0) is 23.3. The van der Waals surface area contributed by atoms with Gasteiger partial charge in [0, 0.05) is 36.9 Å². The molecular weight excluding hydrogens is 476 g/mol. The van der Waals surface area contributed by atoms with Gasteiger partial charge in [0.15, 0.2) is 0 Å². The lowest BCUT2D eigenvalue weighted by atomic mass is 9.75. The molecule has 0 spiro atoms. The number of aromatic nitrogens is 1. The molecule has 0 radical (unpaired) electrons. The molecule has 1 amide bonds. The number of nitrogens with one attached hydrogen (secondary N) is 1. The first-order valence-electron chi connectivity index (χ1n) is 10.4. The van der Waals surface area contributed by atoms with Gasteiger partial charge < -0.3 is 10.1 Å². The standard InChI is InChI=1S/C22H26Cl2FN3O3S/c1-3-11-32(30)28-9-7-22(8-10-28,19-5-4-6-20(27-19)31-2)14-26-21(29)15-12-18(25)17(24)13-16(15)23/h4-6,12-13H,3,7-11,14H2,1-2H3,(H,26,29). The van der Waals surface area contributed by atoms with Crippen molar-refractivity contribution in [1.82, 2.24) is 14.6 Å². The third-order valence-electron chi connectivity index (χ3n) is 5.66. The van der Waals surface area contributed by atoms with E-state index < -0.39 is 28.1 Å². The molecule has 1 aromatic heterocycles. The van der Waals surface area contributed by atoms with Crippen molar-refractivity contribution in [2.45, 2.75) is 31.6 Å². The number of carbonyl (C=O) groups excluding carboxylic acids is 1. The Kier molecular flexibility index (Phi) is 8.49. The molecular formula is C22H26Cl2FN3O3S. The summed E-state index contributed by atoms with van der Waals surface area (Å²) in [4.78, 5) is 17.4. The van der Waals surface area contributed by atoms with E-state index in [0.29, 0.717) is 37.6 Å². The van der Waals surface area contributed by atoms with Crippen molar-refractivity contribution in [3.8, 4) is 5.88 Å². The summed E-state index contributed by atoms with van der Waals surface area (Å²) in [5.41, 5.74) is 0.310. The fourth-order valence-electron chi connectivity index (χ4n) is 3.81. The number of halogens is 3. The van der Waals surface area contributed by atoms with Gasteiger partial charge in [-0.1, -0.05) is 36.2 Å². The fourth-order valence-corrected chi connectivity index (χ4v) is 5.48. The first-order valence-corrected chi connectivity index (χ1v) is 12.4. The second-order valence-electron chi connectivity index (χ2n) is 7.73. The smallest absolute Gasteiger partial charge is 0.252 e. The predicted octanol–water partition coefficient (Wildman–Crippen LogP) is 4.37. The number of hydrogen-bond acceptors (Lipinski definition) is 4. The average molecular weight is 502 g/mol. The number of nitrogens with zero attached hydrogens (tertiary/aromatic N) is 2. The van der Waals surface area contributed by atoms with Crippen LogP contribution in [-0.4, -0.2) is 51.9 Å². The maximum atomic E-state index is 13.9. The number of benzene rings is 1. The number of pyridine rings is 1. The first kappa shape index (κ1) is 24.9. The van der Waals surface area contributed by atoms with Crippen molar-refractivity contribution in [3.63, 3.8) is 0 Å². The van der Waals surface area contributed by atoms with Gasteiger partial charge in [0.1, 0.15) is 5.82 Å². The number of amides is 1. The van der Waals surface area contributed by atoms with Crippen LogP contribution in [0.25, 0.3) is 0 Å². The van der Waals surface area contributed by atoms with Gasteiger partial charge in [-0.25, -0.2) is 17.9 Å². The van der Waals surface area contributed by atoms with Gasteiger partial charge in [0.05, 0.1) is 39.4 Å². The number of ether oxygens (including phenoxy) is 1. The van der Waals surface area contributed by atoms with Gasteiger partial charge in [-0.15, -0.1) is 0 Å². The maximum Gasteiger partial charge on any atom is 0.252 e. The Labute approximate surface area is 200 Å². The summed E-state index contributed by atoms with van der Waals surface area (Å²) < 4.78 is 33.6. The summed E-state index contributed by atoms with van der Waals surface area (Å²) in [6.45, 7) is 3.49. The molecule has 1 atom stereocenters. The number of carbonyl (C=O) groups is 1. The van der Waals surface area contributed by atoms with Gasteiger partial charge in [0.2, 0.25) is 5.88 Å². The molecule has 0 aliphatic carbocycles. The molecule has 6 nitrogen and oxygen atoms in total. The first-order chi connectivity index (χ1) is 15.3. The highest BCUT2D eigenvalue weighted by molar-refractivity contribution is 7.82.